The summed E-state index contributed by atoms with van der Waals surface area (Å²) in [6, 6.07) is 12.3. The second-order valence-corrected chi connectivity index (χ2v) is 13.8. The summed E-state index contributed by atoms with van der Waals surface area (Å²) in [5, 5.41) is 0. The van der Waals surface area contributed by atoms with E-state index in [9.17, 15) is 0 Å². The van der Waals surface area contributed by atoms with Crippen molar-refractivity contribution in [2.24, 2.45) is 5.92 Å². The van der Waals surface area contributed by atoms with E-state index >= 15 is 0 Å². The number of hydrogen-bond acceptors (Lipinski definition) is 5. The van der Waals surface area contributed by atoms with Crippen molar-refractivity contribution >= 4 is 30.5 Å². The number of rotatable bonds is 6. The maximum Gasteiger partial charge on any atom is 0.131 e. The summed E-state index contributed by atoms with van der Waals surface area (Å²) >= 11 is 0. The van der Waals surface area contributed by atoms with E-state index in [1.807, 2.05) is 12.1 Å². The van der Waals surface area contributed by atoms with Crippen LogP contribution in [0.3, 0.4) is 0 Å². The molecule has 0 radical (unpaired) electrons. The van der Waals surface area contributed by atoms with Crippen LogP contribution in [0.2, 0.25) is 19.6 Å². The summed E-state index contributed by atoms with van der Waals surface area (Å²) in [6.07, 6.45) is 4.30. The molecule has 4 rings (SSSR count). The van der Waals surface area contributed by atoms with Crippen molar-refractivity contribution in [3.63, 3.8) is 0 Å². The maximum atomic E-state index is 5.50. The molecule has 0 atom stereocenters. The first-order valence-electron chi connectivity index (χ1n) is 10.7. The van der Waals surface area contributed by atoms with Gasteiger partial charge < -0.3 is 14.4 Å². The molecule has 1 aromatic heterocycles. The minimum absolute atomic E-state index is 0.702. The third-order valence-electron chi connectivity index (χ3n) is 5.19. The second kappa shape index (κ2) is 8.60. The topological polar surface area (TPSA) is 47.5 Å². The smallest absolute Gasteiger partial charge is 0.131 e. The van der Waals surface area contributed by atoms with Gasteiger partial charge >= 0.3 is 0 Å². The Morgan fingerprint density at radius 3 is 2.29 bits per heavy atom. The Labute approximate surface area is 185 Å². The van der Waals surface area contributed by atoms with Crippen molar-refractivity contribution in [3.8, 4) is 23.0 Å². The van der Waals surface area contributed by atoms with E-state index in [4.69, 9.17) is 14.5 Å². The van der Waals surface area contributed by atoms with Gasteiger partial charge in [-0.05, 0) is 37.0 Å². The quantitative estimate of drug-likeness (QED) is 0.385. The highest BCUT2D eigenvalue weighted by molar-refractivity contribution is 6.83. The van der Waals surface area contributed by atoms with Crippen LogP contribution in [0.25, 0.3) is 11.0 Å². The van der Waals surface area contributed by atoms with Gasteiger partial charge in [0.2, 0.25) is 0 Å². The van der Waals surface area contributed by atoms with Crippen LogP contribution in [0.5, 0.6) is 11.5 Å². The van der Waals surface area contributed by atoms with Crippen LogP contribution in [-0.4, -0.2) is 38.8 Å². The second-order valence-electron chi connectivity index (χ2n) is 9.05. The van der Waals surface area contributed by atoms with Crippen LogP contribution in [0.1, 0.15) is 18.5 Å². The van der Waals surface area contributed by atoms with Crippen molar-refractivity contribution in [1.82, 2.24) is 9.97 Å². The SMILES string of the molecule is COc1cc(OC)cc(N(CC2CC2)c2ccc3ncc(C#C[Si](C)(C)C)nc3c2)c1. The minimum Gasteiger partial charge on any atom is -0.497 e. The zero-order valence-corrected chi connectivity index (χ0v) is 19.9. The molecule has 0 saturated heterocycles. The van der Waals surface area contributed by atoms with Gasteiger partial charge in [0.15, 0.2) is 0 Å². The monoisotopic (exact) mass is 431 g/mol. The highest BCUT2D eigenvalue weighted by Gasteiger charge is 2.26. The third kappa shape index (κ3) is 5.36. The van der Waals surface area contributed by atoms with Crippen LogP contribution in [-0.2, 0) is 0 Å². The molecule has 0 unspecified atom stereocenters. The summed E-state index contributed by atoms with van der Waals surface area (Å²) in [5.74, 6) is 5.48. The molecule has 6 heteroatoms. The number of hydrogen-bond donors (Lipinski definition) is 0. The van der Waals surface area contributed by atoms with Crippen molar-refractivity contribution in [2.45, 2.75) is 32.5 Å². The molecule has 0 amide bonds. The molecular formula is C25H29N3O2Si. The van der Waals surface area contributed by atoms with Gasteiger partial charge in [0.25, 0.3) is 0 Å². The zero-order chi connectivity index (χ0) is 22.0. The molecule has 5 nitrogen and oxygen atoms in total. The summed E-state index contributed by atoms with van der Waals surface area (Å²) in [5.41, 5.74) is 7.96. The van der Waals surface area contributed by atoms with Crippen LogP contribution < -0.4 is 14.4 Å². The lowest BCUT2D eigenvalue weighted by Gasteiger charge is -2.26. The van der Waals surface area contributed by atoms with Gasteiger partial charge in [-0.25, -0.2) is 4.98 Å². The first-order valence-corrected chi connectivity index (χ1v) is 14.2. The Hall–Kier alpha value is -3.04. The van der Waals surface area contributed by atoms with Crippen molar-refractivity contribution < 1.29 is 9.47 Å². The lowest BCUT2D eigenvalue weighted by atomic mass is 10.2. The lowest BCUT2D eigenvalue weighted by molar-refractivity contribution is 0.394. The molecule has 0 N–H and O–H groups in total. The molecule has 1 aliphatic carbocycles. The first-order chi connectivity index (χ1) is 14.8. The summed E-state index contributed by atoms with van der Waals surface area (Å²) < 4.78 is 11.0. The molecule has 0 bridgehead atoms. The Morgan fingerprint density at radius 1 is 0.968 bits per heavy atom. The van der Waals surface area contributed by atoms with E-state index in [1.165, 1.54) is 12.8 Å². The summed E-state index contributed by atoms with van der Waals surface area (Å²) in [4.78, 5) is 11.7. The fraction of sp³-hybridized carbons (Fsp3) is 0.360. The van der Waals surface area contributed by atoms with Crippen LogP contribution in [0.4, 0.5) is 11.4 Å². The number of methoxy groups -OCH3 is 2. The standard InChI is InChI=1S/C25H29N3O2Si/c1-29-22-12-21(13-23(15-22)30-2)28(17-18-6-7-18)20-8-9-24-25(14-20)27-19(16-26-24)10-11-31(3,4)5/h8-9,12-16,18H,6-7,17H2,1-5H3. The average molecular weight is 432 g/mol. The molecular weight excluding hydrogens is 402 g/mol. The van der Waals surface area contributed by atoms with Gasteiger partial charge in [-0.3, -0.25) is 4.98 Å². The number of ether oxygens (including phenoxy) is 2. The van der Waals surface area contributed by atoms with Gasteiger partial charge in [0.05, 0.1) is 31.4 Å². The molecule has 1 saturated carbocycles. The van der Waals surface area contributed by atoms with Gasteiger partial charge in [-0.1, -0.05) is 25.6 Å². The van der Waals surface area contributed by atoms with E-state index in [2.05, 4.69) is 65.3 Å². The van der Waals surface area contributed by atoms with Gasteiger partial charge in [-0.15, -0.1) is 5.54 Å². The Morgan fingerprint density at radius 2 is 1.68 bits per heavy atom. The largest absolute Gasteiger partial charge is 0.497 e. The molecule has 31 heavy (non-hydrogen) atoms. The Kier molecular flexibility index (Phi) is 5.88. The van der Waals surface area contributed by atoms with Crippen LogP contribution >= 0.6 is 0 Å². The highest BCUT2D eigenvalue weighted by atomic mass is 28.3. The molecule has 1 heterocycles. The molecule has 0 spiro atoms. The predicted molar refractivity (Wildman–Crippen MR) is 129 cm³/mol. The van der Waals surface area contributed by atoms with Gasteiger partial charge in [-0.2, -0.15) is 0 Å². The molecule has 0 aliphatic heterocycles. The van der Waals surface area contributed by atoms with E-state index in [1.54, 1.807) is 20.4 Å². The van der Waals surface area contributed by atoms with Crippen molar-refractivity contribution in [3.05, 3.63) is 48.3 Å². The Balaban J connectivity index is 1.76. The molecule has 2 aromatic carbocycles. The van der Waals surface area contributed by atoms with E-state index < -0.39 is 8.07 Å². The summed E-state index contributed by atoms with van der Waals surface area (Å²) in [7, 11) is 1.89. The van der Waals surface area contributed by atoms with Crippen molar-refractivity contribution in [2.75, 3.05) is 25.7 Å². The van der Waals surface area contributed by atoms with Gasteiger partial charge in [0, 0.05) is 36.1 Å². The van der Waals surface area contributed by atoms with E-state index in [0.717, 1.165) is 46.1 Å². The number of nitrogens with zero attached hydrogens (tertiary/aromatic N) is 3. The van der Waals surface area contributed by atoms with E-state index in [-0.39, 0.29) is 0 Å². The molecule has 160 valence electrons. The number of anilines is 2. The normalized spacial score (nSPS) is 13.5. The number of benzene rings is 2. The average Bonchev–Trinajstić information content (AvgIpc) is 3.59. The fourth-order valence-corrected chi connectivity index (χ4v) is 3.85. The fourth-order valence-electron chi connectivity index (χ4n) is 3.35. The molecule has 1 aliphatic rings. The maximum absolute atomic E-state index is 5.50. The predicted octanol–water partition coefficient (Wildman–Crippen LogP) is 5.42. The first kappa shape index (κ1) is 21.2. The lowest BCUT2D eigenvalue weighted by Crippen LogP contribution is -2.20. The number of fused-ring (bicyclic) bond motifs is 1. The van der Waals surface area contributed by atoms with Crippen molar-refractivity contribution in [1.29, 1.82) is 0 Å². The third-order valence-corrected chi connectivity index (χ3v) is 6.06. The Bertz CT molecular complexity index is 1130. The molecule has 1 fully saturated rings. The van der Waals surface area contributed by atoms with Gasteiger partial charge in [0.1, 0.15) is 25.3 Å². The minimum atomic E-state index is -1.47. The molecule has 3 aromatic rings. The summed E-state index contributed by atoms with van der Waals surface area (Å²) in [6.45, 7) is 7.63. The van der Waals surface area contributed by atoms with E-state index in [0.29, 0.717) is 5.92 Å². The zero-order valence-electron chi connectivity index (χ0n) is 18.9. The van der Waals surface area contributed by atoms with Crippen LogP contribution in [0, 0.1) is 17.4 Å². The highest BCUT2D eigenvalue weighted by Crippen LogP contribution is 2.38. The number of aromatic nitrogens is 2. The van der Waals surface area contributed by atoms with Crippen LogP contribution in [0.15, 0.2) is 42.6 Å².